The summed E-state index contributed by atoms with van der Waals surface area (Å²) in [5.41, 5.74) is 4.73. The fourth-order valence-corrected chi connectivity index (χ4v) is 2.64. The van der Waals surface area contributed by atoms with E-state index in [0.29, 0.717) is 16.8 Å². The molecule has 5 nitrogen and oxygen atoms in total. The number of aromatic nitrogens is 2. The number of carbonyl (C=O) groups excluding carboxylic acids is 2. The van der Waals surface area contributed by atoms with E-state index < -0.39 is 0 Å². The molecule has 0 saturated heterocycles. The van der Waals surface area contributed by atoms with Crippen LogP contribution in [0.15, 0.2) is 54.6 Å². The van der Waals surface area contributed by atoms with Crippen LogP contribution in [-0.2, 0) is 0 Å². The van der Waals surface area contributed by atoms with Crippen molar-refractivity contribution in [3.05, 3.63) is 77.1 Å². The van der Waals surface area contributed by atoms with Gasteiger partial charge in [0.25, 0.3) is 5.91 Å². The van der Waals surface area contributed by atoms with Crippen LogP contribution in [0.25, 0.3) is 5.69 Å². The van der Waals surface area contributed by atoms with Crippen molar-refractivity contribution in [2.45, 2.75) is 20.8 Å². The average Bonchev–Trinajstić information content (AvgIpc) is 2.94. The third-order valence-electron chi connectivity index (χ3n) is 3.93. The highest BCUT2D eigenvalue weighted by Crippen LogP contribution is 2.15. The number of rotatable bonds is 4. The minimum absolute atomic E-state index is 0.00221. The molecule has 2 aromatic carbocycles. The largest absolute Gasteiger partial charge is 0.322 e. The summed E-state index contributed by atoms with van der Waals surface area (Å²) in [5, 5.41) is 7.26. The molecule has 0 bridgehead atoms. The van der Waals surface area contributed by atoms with E-state index >= 15 is 0 Å². The summed E-state index contributed by atoms with van der Waals surface area (Å²) in [5.74, 6) is -0.201. The quantitative estimate of drug-likeness (QED) is 0.735. The zero-order valence-corrected chi connectivity index (χ0v) is 14.4. The van der Waals surface area contributed by atoms with E-state index in [1.807, 2.05) is 36.7 Å². The molecule has 3 rings (SSSR count). The number of benzene rings is 2. The first-order valence-corrected chi connectivity index (χ1v) is 8.00. The van der Waals surface area contributed by atoms with Crippen molar-refractivity contribution in [3.8, 4) is 5.69 Å². The molecule has 0 fully saturated rings. The number of amides is 1. The lowest BCUT2D eigenvalue weighted by Crippen LogP contribution is -2.12. The van der Waals surface area contributed by atoms with Gasteiger partial charge in [-0.15, -0.1) is 0 Å². The van der Waals surface area contributed by atoms with E-state index in [1.54, 1.807) is 36.4 Å². The van der Waals surface area contributed by atoms with Crippen LogP contribution in [0.3, 0.4) is 0 Å². The van der Waals surface area contributed by atoms with Crippen molar-refractivity contribution in [1.82, 2.24) is 9.78 Å². The summed E-state index contributed by atoms with van der Waals surface area (Å²) < 4.78 is 1.84. The summed E-state index contributed by atoms with van der Waals surface area (Å²) in [6.45, 7) is 5.45. The Balaban J connectivity index is 1.74. The van der Waals surface area contributed by atoms with E-state index in [2.05, 4.69) is 10.4 Å². The van der Waals surface area contributed by atoms with E-state index in [-0.39, 0.29) is 11.7 Å². The number of Topliss-reactive ketones (excluding diaryl/α,β-unsaturated/α-hetero) is 1. The minimum Gasteiger partial charge on any atom is -0.322 e. The Hall–Kier alpha value is -3.21. The number of hydrogen-bond donors (Lipinski definition) is 1. The monoisotopic (exact) mass is 333 g/mol. The molecule has 126 valence electrons. The Labute approximate surface area is 146 Å². The first-order valence-electron chi connectivity index (χ1n) is 8.00. The molecule has 1 amide bonds. The van der Waals surface area contributed by atoms with Gasteiger partial charge >= 0.3 is 0 Å². The number of anilines is 1. The fourth-order valence-electron chi connectivity index (χ4n) is 2.64. The van der Waals surface area contributed by atoms with E-state index in [0.717, 1.165) is 17.1 Å². The number of nitrogens with zero attached hydrogens (tertiary/aromatic N) is 2. The zero-order valence-electron chi connectivity index (χ0n) is 14.4. The Morgan fingerprint density at radius 2 is 1.52 bits per heavy atom. The third-order valence-corrected chi connectivity index (χ3v) is 3.93. The summed E-state index contributed by atoms with van der Waals surface area (Å²) in [6.07, 6.45) is 0. The van der Waals surface area contributed by atoms with Crippen LogP contribution < -0.4 is 5.32 Å². The second-order valence-electron chi connectivity index (χ2n) is 5.97. The molecule has 0 aliphatic rings. The van der Waals surface area contributed by atoms with Gasteiger partial charge < -0.3 is 5.32 Å². The lowest BCUT2D eigenvalue weighted by atomic mass is 10.1. The van der Waals surface area contributed by atoms with Gasteiger partial charge in [-0.1, -0.05) is 0 Å². The van der Waals surface area contributed by atoms with Crippen LogP contribution in [0.4, 0.5) is 5.69 Å². The van der Waals surface area contributed by atoms with Crippen LogP contribution in [0.1, 0.15) is 39.0 Å². The first-order chi connectivity index (χ1) is 11.9. The van der Waals surface area contributed by atoms with E-state index in [4.69, 9.17) is 0 Å². The molecule has 0 aliphatic carbocycles. The van der Waals surface area contributed by atoms with Crippen LogP contribution >= 0.6 is 0 Å². The van der Waals surface area contributed by atoms with Crippen molar-refractivity contribution < 1.29 is 9.59 Å². The Morgan fingerprint density at radius 3 is 2.04 bits per heavy atom. The Bertz CT molecular complexity index is 923. The van der Waals surface area contributed by atoms with Gasteiger partial charge in [0.2, 0.25) is 0 Å². The maximum atomic E-state index is 12.4. The smallest absolute Gasteiger partial charge is 0.255 e. The van der Waals surface area contributed by atoms with Gasteiger partial charge in [0, 0.05) is 22.5 Å². The van der Waals surface area contributed by atoms with Crippen LogP contribution in [0.5, 0.6) is 0 Å². The SMILES string of the molecule is CC(=O)c1ccc(NC(=O)c2ccc(-n3nc(C)cc3C)cc2)cc1. The van der Waals surface area contributed by atoms with Gasteiger partial charge in [-0.3, -0.25) is 9.59 Å². The maximum absolute atomic E-state index is 12.4. The molecule has 3 aromatic rings. The molecule has 0 radical (unpaired) electrons. The summed E-state index contributed by atoms with van der Waals surface area (Å²) in [7, 11) is 0. The molecular formula is C20H19N3O2. The topological polar surface area (TPSA) is 64.0 Å². The van der Waals surface area contributed by atoms with E-state index in [1.165, 1.54) is 6.92 Å². The van der Waals surface area contributed by atoms with Crippen molar-refractivity contribution in [3.63, 3.8) is 0 Å². The van der Waals surface area contributed by atoms with Gasteiger partial charge in [-0.05, 0) is 75.4 Å². The standard InChI is InChI=1S/C20H19N3O2/c1-13-12-14(2)23(22-13)19-10-6-17(7-11-19)20(25)21-18-8-4-16(5-9-18)15(3)24/h4-12H,1-3H3,(H,21,25). The second kappa shape index (κ2) is 6.73. The van der Waals surface area contributed by atoms with Gasteiger partial charge in [0.05, 0.1) is 11.4 Å². The number of carbonyl (C=O) groups is 2. The number of nitrogens with one attached hydrogen (secondary N) is 1. The molecule has 0 unspecified atom stereocenters. The summed E-state index contributed by atoms with van der Waals surface area (Å²) >= 11 is 0. The molecule has 25 heavy (non-hydrogen) atoms. The second-order valence-corrected chi connectivity index (χ2v) is 5.97. The molecule has 5 heteroatoms. The maximum Gasteiger partial charge on any atom is 0.255 e. The minimum atomic E-state index is -0.199. The normalized spacial score (nSPS) is 10.5. The molecule has 1 aromatic heterocycles. The van der Waals surface area contributed by atoms with Gasteiger partial charge in [0.15, 0.2) is 5.78 Å². The zero-order chi connectivity index (χ0) is 18.0. The van der Waals surface area contributed by atoms with Gasteiger partial charge in [0.1, 0.15) is 0 Å². The van der Waals surface area contributed by atoms with Crippen LogP contribution in [0, 0.1) is 13.8 Å². The lowest BCUT2D eigenvalue weighted by molar-refractivity contribution is 0.101. The molecule has 0 spiro atoms. The summed E-state index contributed by atoms with van der Waals surface area (Å²) in [4.78, 5) is 23.6. The first kappa shape index (κ1) is 16.6. The van der Waals surface area contributed by atoms with Gasteiger partial charge in [-0.2, -0.15) is 5.10 Å². The Morgan fingerprint density at radius 1 is 0.920 bits per heavy atom. The number of hydrogen-bond acceptors (Lipinski definition) is 3. The predicted molar refractivity (Wildman–Crippen MR) is 97.4 cm³/mol. The fraction of sp³-hybridized carbons (Fsp3) is 0.150. The molecule has 0 atom stereocenters. The highest BCUT2D eigenvalue weighted by molar-refractivity contribution is 6.04. The summed E-state index contributed by atoms with van der Waals surface area (Å²) in [6, 6.07) is 16.1. The molecule has 0 aliphatic heterocycles. The highest BCUT2D eigenvalue weighted by Gasteiger charge is 2.09. The van der Waals surface area contributed by atoms with Crippen molar-refractivity contribution >= 4 is 17.4 Å². The highest BCUT2D eigenvalue weighted by atomic mass is 16.1. The lowest BCUT2D eigenvalue weighted by Gasteiger charge is -2.08. The average molecular weight is 333 g/mol. The number of aryl methyl sites for hydroxylation is 2. The third kappa shape index (κ3) is 3.66. The van der Waals surface area contributed by atoms with Crippen molar-refractivity contribution in [1.29, 1.82) is 0 Å². The van der Waals surface area contributed by atoms with Crippen LogP contribution in [0.2, 0.25) is 0 Å². The molecule has 0 saturated carbocycles. The van der Waals surface area contributed by atoms with Crippen molar-refractivity contribution in [2.24, 2.45) is 0 Å². The number of ketones is 1. The predicted octanol–water partition coefficient (Wildman–Crippen LogP) is 3.94. The van der Waals surface area contributed by atoms with E-state index in [9.17, 15) is 9.59 Å². The molecular weight excluding hydrogens is 314 g/mol. The van der Waals surface area contributed by atoms with Crippen LogP contribution in [-0.4, -0.2) is 21.5 Å². The molecule has 1 N–H and O–H groups in total. The van der Waals surface area contributed by atoms with Gasteiger partial charge in [-0.25, -0.2) is 4.68 Å². The molecule has 1 heterocycles. The Kier molecular flexibility index (Phi) is 4.48. The van der Waals surface area contributed by atoms with Crippen molar-refractivity contribution in [2.75, 3.05) is 5.32 Å².